The number of halogens is 1. The molecule has 0 bridgehead atoms. The van der Waals surface area contributed by atoms with E-state index >= 15 is 0 Å². The fraction of sp³-hybridized carbons (Fsp3) is 0.0714. The van der Waals surface area contributed by atoms with Gasteiger partial charge in [0.25, 0.3) is 0 Å². The van der Waals surface area contributed by atoms with Crippen LogP contribution in [0, 0.1) is 6.92 Å². The fourth-order valence-electron chi connectivity index (χ4n) is 1.75. The molecule has 1 aromatic heterocycles. The highest BCUT2D eigenvalue weighted by atomic mass is 79.9. The summed E-state index contributed by atoms with van der Waals surface area (Å²) >= 11 is 3.41. The van der Waals surface area contributed by atoms with Crippen molar-refractivity contribution >= 4 is 27.0 Å². The van der Waals surface area contributed by atoms with Crippen LogP contribution >= 0.6 is 15.9 Å². The summed E-state index contributed by atoms with van der Waals surface area (Å²) in [6.45, 7) is 2.04. The second kappa shape index (κ2) is 4.00. The summed E-state index contributed by atoms with van der Waals surface area (Å²) in [5.41, 5.74) is 3.90. The number of nitrogens with zero attached hydrogens (tertiary/aromatic N) is 1. The molecule has 0 atom stereocenters. The van der Waals surface area contributed by atoms with E-state index < -0.39 is 0 Å². The van der Waals surface area contributed by atoms with Crippen molar-refractivity contribution in [2.24, 2.45) is 0 Å². The molecular weight excluding hydrogens is 278 g/mol. The number of aryl methyl sites for hydroxylation is 1. The van der Waals surface area contributed by atoms with E-state index in [9.17, 15) is 0 Å². The Hall–Kier alpha value is -1.61. The molecule has 0 unspecified atom stereocenters. The van der Waals surface area contributed by atoms with Gasteiger partial charge in [-0.05, 0) is 48.9 Å². The topological polar surface area (TPSA) is 26.0 Å². The zero-order valence-corrected chi connectivity index (χ0v) is 10.9. The Bertz CT molecular complexity index is 670. The molecule has 0 amide bonds. The minimum absolute atomic E-state index is 0.665. The molecule has 3 aromatic rings. The first kappa shape index (κ1) is 10.5. The van der Waals surface area contributed by atoms with E-state index in [-0.39, 0.29) is 0 Å². The lowest BCUT2D eigenvalue weighted by Gasteiger charge is -1.94. The van der Waals surface area contributed by atoms with E-state index in [0.29, 0.717) is 5.89 Å². The average molecular weight is 288 g/mol. The van der Waals surface area contributed by atoms with Crippen molar-refractivity contribution in [3.05, 3.63) is 52.5 Å². The summed E-state index contributed by atoms with van der Waals surface area (Å²) in [5.74, 6) is 0.665. The SMILES string of the molecule is Cc1ccc2nc(-c3ccc(Br)cc3)oc2c1. The summed E-state index contributed by atoms with van der Waals surface area (Å²) in [5, 5.41) is 0. The number of hydrogen-bond donors (Lipinski definition) is 0. The third-order valence-corrected chi connectivity index (χ3v) is 3.16. The lowest BCUT2D eigenvalue weighted by atomic mass is 10.2. The van der Waals surface area contributed by atoms with Crippen LogP contribution < -0.4 is 0 Å². The van der Waals surface area contributed by atoms with E-state index in [1.165, 1.54) is 5.56 Å². The molecule has 0 fully saturated rings. The number of benzene rings is 2. The molecule has 2 aromatic carbocycles. The lowest BCUT2D eigenvalue weighted by molar-refractivity contribution is 0.619. The average Bonchev–Trinajstić information content (AvgIpc) is 2.72. The lowest BCUT2D eigenvalue weighted by Crippen LogP contribution is -1.75. The Labute approximate surface area is 107 Å². The van der Waals surface area contributed by atoms with Crippen molar-refractivity contribution in [1.82, 2.24) is 4.98 Å². The smallest absolute Gasteiger partial charge is 0.227 e. The standard InChI is InChI=1S/C14H10BrNO/c1-9-2-7-12-13(8-9)17-14(16-12)10-3-5-11(15)6-4-10/h2-8H,1H3. The van der Waals surface area contributed by atoms with Crippen LogP contribution in [0.5, 0.6) is 0 Å². The van der Waals surface area contributed by atoms with E-state index in [4.69, 9.17) is 4.42 Å². The molecule has 0 radical (unpaired) electrons. The second-order valence-corrected chi connectivity index (χ2v) is 4.91. The van der Waals surface area contributed by atoms with Gasteiger partial charge < -0.3 is 4.42 Å². The Kier molecular flexibility index (Phi) is 2.48. The minimum atomic E-state index is 0.665. The number of hydrogen-bond acceptors (Lipinski definition) is 2. The summed E-state index contributed by atoms with van der Waals surface area (Å²) in [6, 6.07) is 14.0. The Morgan fingerprint density at radius 1 is 1.06 bits per heavy atom. The molecule has 3 rings (SSSR count). The first-order chi connectivity index (χ1) is 8.22. The molecule has 3 heteroatoms. The van der Waals surface area contributed by atoms with Gasteiger partial charge in [-0.25, -0.2) is 4.98 Å². The van der Waals surface area contributed by atoms with Gasteiger partial charge in [0.15, 0.2) is 5.58 Å². The van der Waals surface area contributed by atoms with Gasteiger partial charge in [-0.1, -0.05) is 22.0 Å². The Morgan fingerprint density at radius 3 is 2.59 bits per heavy atom. The molecule has 1 heterocycles. The molecule has 0 N–H and O–H groups in total. The minimum Gasteiger partial charge on any atom is -0.436 e. The fourth-order valence-corrected chi connectivity index (χ4v) is 2.01. The van der Waals surface area contributed by atoms with Crippen molar-refractivity contribution < 1.29 is 4.42 Å². The summed E-state index contributed by atoms with van der Waals surface area (Å²) in [7, 11) is 0. The third kappa shape index (κ3) is 1.98. The molecule has 0 aliphatic rings. The van der Waals surface area contributed by atoms with Gasteiger partial charge in [0.2, 0.25) is 5.89 Å². The normalized spacial score (nSPS) is 10.9. The summed E-state index contributed by atoms with van der Waals surface area (Å²) in [4.78, 5) is 4.47. The first-order valence-corrected chi connectivity index (χ1v) is 6.15. The summed E-state index contributed by atoms with van der Waals surface area (Å²) < 4.78 is 6.80. The van der Waals surface area contributed by atoms with Gasteiger partial charge in [0.1, 0.15) is 5.52 Å². The zero-order chi connectivity index (χ0) is 11.8. The Balaban J connectivity index is 2.14. The van der Waals surface area contributed by atoms with Crippen LogP contribution in [0.4, 0.5) is 0 Å². The number of oxazole rings is 1. The maximum absolute atomic E-state index is 5.75. The van der Waals surface area contributed by atoms with Crippen LogP contribution in [0.3, 0.4) is 0 Å². The first-order valence-electron chi connectivity index (χ1n) is 5.35. The molecule has 0 saturated carbocycles. The van der Waals surface area contributed by atoms with Crippen LogP contribution in [0.25, 0.3) is 22.6 Å². The van der Waals surface area contributed by atoms with Crippen LogP contribution in [0.15, 0.2) is 51.4 Å². The molecule has 17 heavy (non-hydrogen) atoms. The van der Waals surface area contributed by atoms with Crippen LogP contribution in [-0.4, -0.2) is 4.98 Å². The Morgan fingerprint density at radius 2 is 1.82 bits per heavy atom. The van der Waals surface area contributed by atoms with E-state index in [2.05, 4.69) is 20.9 Å². The van der Waals surface area contributed by atoms with E-state index in [0.717, 1.165) is 21.1 Å². The molecule has 2 nitrogen and oxygen atoms in total. The molecule has 84 valence electrons. The quantitative estimate of drug-likeness (QED) is 0.655. The van der Waals surface area contributed by atoms with E-state index in [1.54, 1.807) is 0 Å². The largest absolute Gasteiger partial charge is 0.436 e. The number of aromatic nitrogens is 1. The van der Waals surface area contributed by atoms with Crippen molar-refractivity contribution in [1.29, 1.82) is 0 Å². The summed E-state index contributed by atoms with van der Waals surface area (Å²) in [6.07, 6.45) is 0. The van der Waals surface area contributed by atoms with Gasteiger partial charge in [0.05, 0.1) is 0 Å². The van der Waals surface area contributed by atoms with E-state index in [1.807, 2.05) is 49.4 Å². The molecule has 0 saturated heterocycles. The molecule has 0 aliphatic heterocycles. The van der Waals surface area contributed by atoms with Crippen LogP contribution in [0.1, 0.15) is 5.56 Å². The monoisotopic (exact) mass is 287 g/mol. The highest BCUT2D eigenvalue weighted by molar-refractivity contribution is 9.10. The maximum atomic E-state index is 5.75. The van der Waals surface area contributed by atoms with Gasteiger partial charge in [-0.3, -0.25) is 0 Å². The molecule has 0 spiro atoms. The van der Waals surface area contributed by atoms with Gasteiger partial charge in [-0.2, -0.15) is 0 Å². The van der Waals surface area contributed by atoms with Gasteiger partial charge in [0, 0.05) is 10.0 Å². The number of rotatable bonds is 1. The highest BCUT2D eigenvalue weighted by Crippen LogP contribution is 2.25. The highest BCUT2D eigenvalue weighted by Gasteiger charge is 2.07. The van der Waals surface area contributed by atoms with Crippen LogP contribution in [-0.2, 0) is 0 Å². The molecule has 0 aliphatic carbocycles. The predicted molar refractivity (Wildman–Crippen MR) is 71.9 cm³/mol. The predicted octanol–water partition coefficient (Wildman–Crippen LogP) is 4.57. The van der Waals surface area contributed by atoms with Crippen molar-refractivity contribution in [2.45, 2.75) is 6.92 Å². The van der Waals surface area contributed by atoms with Crippen molar-refractivity contribution in [3.63, 3.8) is 0 Å². The van der Waals surface area contributed by atoms with Crippen molar-refractivity contribution in [2.75, 3.05) is 0 Å². The number of fused-ring (bicyclic) bond motifs is 1. The third-order valence-electron chi connectivity index (χ3n) is 2.64. The van der Waals surface area contributed by atoms with Gasteiger partial charge in [-0.15, -0.1) is 0 Å². The zero-order valence-electron chi connectivity index (χ0n) is 9.27. The maximum Gasteiger partial charge on any atom is 0.227 e. The van der Waals surface area contributed by atoms with Gasteiger partial charge >= 0.3 is 0 Å². The van der Waals surface area contributed by atoms with Crippen molar-refractivity contribution in [3.8, 4) is 11.5 Å². The molecular formula is C14H10BrNO. The second-order valence-electron chi connectivity index (χ2n) is 4.00. The van der Waals surface area contributed by atoms with Crippen LogP contribution in [0.2, 0.25) is 0 Å².